The maximum Gasteiger partial charge on any atom is 0.179 e. The van der Waals surface area contributed by atoms with Crippen LogP contribution in [0.25, 0.3) is 5.65 Å². The van der Waals surface area contributed by atoms with Gasteiger partial charge in [0, 0.05) is 18.6 Å². The molecule has 0 aliphatic heterocycles. The molecule has 13 heavy (non-hydrogen) atoms. The van der Waals surface area contributed by atoms with Crippen molar-refractivity contribution in [1.82, 2.24) is 9.38 Å². The zero-order valence-electron chi connectivity index (χ0n) is 8.19. The predicted octanol–water partition coefficient (Wildman–Crippen LogP) is 2.37. The normalized spacial score (nSPS) is 9.15. The number of aromatic nitrogens is 2. The molecule has 0 amide bonds. The Labute approximate surface area is 78.0 Å². The molecule has 2 aromatic heterocycles. The number of ether oxygens (including phenoxy) is 1. The highest BCUT2D eigenvalue weighted by Crippen LogP contribution is 2.15. The van der Waals surface area contributed by atoms with Gasteiger partial charge in [0.15, 0.2) is 11.4 Å². The van der Waals surface area contributed by atoms with Crippen LogP contribution in [0.2, 0.25) is 0 Å². The van der Waals surface area contributed by atoms with Crippen LogP contribution in [0.15, 0.2) is 30.7 Å². The van der Waals surface area contributed by atoms with Crippen molar-refractivity contribution >= 4 is 5.65 Å². The summed E-state index contributed by atoms with van der Waals surface area (Å²) in [7, 11) is 1.64. The SMILES string of the molecule is CC.COc1cccn2ccnc12. The van der Waals surface area contributed by atoms with E-state index in [1.165, 1.54) is 0 Å². The Morgan fingerprint density at radius 1 is 1.31 bits per heavy atom. The van der Waals surface area contributed by atoms with Gasteiger partial charge in [0.2, 0.25) is 0 Å². The highest BCUT2D eigenvalue weighted by Gasteiger charge is 1.98. The van der Waals surface area contributed by atoms with Gasteiger partial charge in [0.1, 0.15) is 0 Å². The van der Waals surface area contributed by atoms with Crippen LogP contribution in [0.3, 0.4) is 0 Å². The van der Waals surface area contributed by atoms with Crippen LogP contribution in [-0.2, 0) is 0 Å². The second kappa shape index (κ2) is 4.50. The highest BCUT2D eigenvalue weighted by atomic mass is 16.5. The zero-order chi connectivity index (χ0) is 9.68. The summed E-state index contributed by atoms with van der Waals surface area (Å²) >= 11 is 0. The first kappa shape index (κ1) is 9.58. The van der Waals surface area contributed by atoms with E-state index in [0.29, 0.717) is 0 Å². The third kappa shape index (κ3) is 1.80. The van der Waals surface area contributed by atoms with Gasteiger partial charge in [0.05, 0.1) is 7.11 Å². The molecule has 0 aliphatic carbocycles. The van der Waals surface area contributed by atoms with Gasteiger partial charge in [-0.3, -0.25) is 0 Å². The molecule has 3 heteroatoms. The molecule has 0 unspecified atom stereocenters. The van der Waals surface area contributed by atoms with Crippen LogP contribution >= 0.6 is 0 Å². The molecule has 2 aromatic rings. The fourth-order valence-electron chi connectivity index (χ4n) is 1.08. The number of methoxy groups -OCH3 is 1. The van der Waals surface area contributed by atoms with E-state index in [-0.39, 0.29) is 0 Å². The van der Waals surface area contributed by atoms with Crippen molar-refractivity contribution in [2.45, 2.75) is 13.8 Å². The lowest BCUT2D eigenvalue weighted by molar-refractivity contribution is 0.417. The maximum absolute atomic E-state index is 5.10. The van der Waals surface area contributed by atoms with Crippen molar-refractivity contribution in [1.29, 1.82) is 0 Å². The van der Waals surface area contributed by atoms with Crippen LogP contribution in [0.5, 0.6) is 5.75 Å². The number of fused-ring (bicyclic) bond motifs is 1. The molecular weight excluding hydrogens is 164 g/mol. The second-order valence-corrected chi connectivity index (χ2v) is 2.23. The summed E-state index contributed by atoms with van der Waals surface area (Å²) in [6.45, 7) is 4.00. The zero-order valence-corrected chi connectivity index (χ0v) is 8.19. The Hall–Kier alpha value is -1.51. The van der Waals surface area contributed by atoms with Crippen LogP contribution in [-0.4, -0.2) is 16.5 Å². The predicted molar refractivity (Wildman–Crippen MR) is 53.1 cm³/mol. The number of nitrogens with zero attached hydrogens (tertiary/aromatic N) is 2. The van der Waals surface area contributed by atoms with E-state index in [1.807, 2.05) is 42.8 Å². The molecule has 0 N–H and O–H groups in total. The van der Waals surface area contributed by atoms with Crippen molar-refractivity contribution in [2.75, 3.05) is 7.11 Å². The highest BCUT2D eigenvalue weighted by molar-refractivity contribution is 5.52. The summed E-state index contributed by atoms with van der Waals surface area (Å²) in [6.07, 6.45) is 5.57. The first-order valence-electron chi connectivity index (χ1n) is 4.37. The van der Waals surface area contributed by atoms with Crippen LogP contribution in [0.4, 0.5) is 0 Å². The summed E-state index contributed by atoms with van der Waals surface area (Å²) in [5, 5.41) is 0. The minimum absolute atomic E-state index is 0.803. The van der Waals surface area contributed by atoms with Gasteiger partial charge in [-0.15, -0.1) is 0 Å². The Kier molecular flexibility index (Phi) is 3.31. The Bertz CT molecular complexity index is 368. The molecule has 0 bridgehead atoms. The molecule has 2 heterocycles. The summed E-state index contributed by atoms with van der Waals surface area (Å²) in [6, 6.07) is 3.82. The molecule has 3 nitrogen and oxygen atoms in total. The van der Waals surface area contributed by atoms with Gasteiger partial charge in [-0.1, -0.05) is 13.8 Å². The first-order chi connectivity index (χ1) is 6.42. The fraction of sp³-hybridized carbons (Fsp3) is 0.300. The quantitative estimate of drug-likeness (QED) is 0.670. The van der Waals surface area contributed by atoms with E-state index in [0.717, 1.165) is 11.4 Å². The summed E-state index contributed by atoms with van der Waals surface area (Å²) < 4.78 is 7.02. The average Bonchev–Trinajstić information content (AvgIpc) is 2.68. The Morgan fingerprint density at radius 2 is 2.08 bits per heavy atom. The molecule has 0 radical (unpaired) electrons. The molecule has 0 saturated heterocycles. The summed E-state index contributed by atoms with van der Waals surface area (Å²) in [5.41, 5.74) is 0.856. The molecular formula is C10H14N2O. The average molecular weight is 178 g/mol. The van der Waals surface area contributed by atoms with Crippen molar-refractivity contribution in [3.8, 4) is 5.75 Å². The molecule has 0 aromatic carbocycles. The number of hydrogen-bond donors (Lipinski definition) is 0. The van der Waals surface area contributed by atoms with Crippen LogP contribution in [0, 0.1) is 0 Å². The van der Waals surface area contributed by atoms with Gasteiger partial charge in [-0.25, -0.2) is 4.98 Å². The smallest absolute Gasteiger partial charge is 0.179 e. The number of rotatable bonds is 1. The fourth-order valence-corrected chi connectivity index (χ4v) is 1.08. The van der Waals surface area contributed by atoms with Crippen LogP contribution < -0.4 is 4.74 Å². The largest absolute Gasteiger partial charge is 0.493 e. The topological polar surface area (TPSA) is 26.5 Å². The Balaban J connectivity index is 0.000000396. The van der Waals surface area contributed by atoms with Gasteiger partial charge < -0.3 is 9.14 Å². The standard InChI is InChI=1S/C8H8N2O.C2H6/c1-11-7-3-2-5-10-6-4-9-8(7)10;1-2/h2-6H,1H3;1-2H3. The van der Waals surface area contributed by atoms with E-state index in [2.05, 4.69) is 4.98 Å². The third-order valence-electron chi connectivity index (χ3n) is 1.60. The summed E-state index contributed by atoms with van der Waals surface area (Å²) in [5.74, 6) is 0.803. The molecule has 0 saturated carbocycles. The number of imidazole rings is 1. The molecule has 0 aliphatic rings. The van der Waals surface area contributed by atoms with E-state index in [1.54, 1.807) is 13.3 Å². The molecule has 0 fully saturated rings. The lowest BCUT2D eigenvalue weighted by Crippen LogP contribution is -1.88. The van der Waals surface area contributed by atoms with E-state index >= 15 is 0 Å². The molecule has 70 valence electrons. The van der Waals surface area contributed by atoms with Gasteiger partial charge >= 0.3 is 0 Å². The minimum Gasteiger partial charge on any atom is -0.493 e. The molecule has 0 atom stereocenters. The van der Waals surface area contributed by atoms with E-state index < -0.39 is 0 Å². The third-order valence-corrected chi connectivity index (χ3v) is 1.60. The summed E-state index contributed by atoms with van der Waals surface area (Å²) in [4.78, 5) is 4.13. The molecule has 0 spiro atoms. The van der Waals surface area contributed by atoms with Crippen molar-refractivity contribution in [3.63, 3.8) is 0 Å². The van der Waals surface area contributed by atoms with E-state index in [4.69, 9.17) is 4.74 Å². The van der Waals surface area contributed by atoms with Gasteiger partial charge in [-0.05, 0) is 12.1 Å². The lowest BCUT2D eigenvalue weighted by atomic mass is 10.4. The van der Waals surface area contributed by atoms with Gasteiger partial charge in [0.25, 0.3) is 0 Å². The van der Waals surface area contributed by atoms with Crippen molar-refractivity contribution in [2.24, 2.45) is 0 Å². The minimum atomic E-state index is 0.803. The molecule has 2 rings (SSSR count). The van der Waals surface area contributed by atoms with Gasteiger partial charge in [-0.2, -0.15) is 0 Å². The second-order valence-electron chi connectivity index (χ2n) is 2.23. The van der Waals surface area contributed by atoms with E-state index in [9.17, 15) is 0 Å². The maximum atomic E-state index is 5.10. The van der Waals surface area contributed by atoms with Crippen LogP contribution in [0.1, 0.15) is 13.8 Å². The van der Waals surface area contributed by atoms with Crippen molar-refractivity contribution in [3.05, 3.63) is 30.7 Å². The first-order valence-corrected chi connectivity index (χ1v) is 4.37. The van der Waals surface area contributed by atoms with Crippen molar-refractivity contribution < 1.29 is 4.74 Å². The monoisotopic (exact) mass is 178 g/mol. The Morgan fingerprint density at radius 3 is 2.77 bits per heavy atom. The number of hydrogen-bond acceptors (Lipinski definition) is 2. The number of pyridine rings is 1. The lowest BCUT2D eigenvalue weighted by Gasteiger charge is -1.99.